The third-order valence-corrected chi connectivity index (χ3v) is 6.24. The molecule has 184 valence electrons. The highest BCUT2D eigenvalue weighted by Gasteiger charge is 2.19. The quantitative estimate of drug-likeness (QED) is 0.287. The Labute approximate surface area is 212 Å². The van der Waals surface area contributed by atoms with E-state index in [0.29, 0.717) is 77.2 Å². The summed E-state index contributed by atoms with van der Waals surface area (Å²) >= 11 is 14.0. The maximum atomic E-state index is 13.3. The first-order chi connectivity index (χ1) is 16.4. The summed E-state index contributed by atoms with van der Waals surface area (Å²) in [5.74, 6) is 0.898. The number of halogens is 2. The number of hydrogen-bond acceptors (Lipinski definition) is 6. The molecule has 1 amide bonds. The number of carbonyl (C=O) groups excluding carboxylic acids is 1. The van der Waals surface area contributed by atoms with E-state index in [9.17, 15) is 4.79 Å². The molecule has 3 aromatic rings. The van der Waals surface area contributed by atoms with E-state index in [0.717, 1.165) is 10.2 Å². The Hall–Kier alpha value is -2.26. The van der Waals surface area contributed by atoms with Gasteiger partial charge in [0.05, 0.1) is 41.7 Å². The molecule has 34 heavy (non-hydrogen) atoms. The molecule has 7 nitrogen and oxygen atoms in total. The van der Waals surface area contributed by atoms with Gasteiger partial charge in [-0.15, -0.1) is 0 Å². The van der Waals surface area contributed by atoms with Crippen LogP contribution in [0.1, 0.15) is 38.1 Å². The van der Waals surface area contributed by atoms with Crippen LogP contribution in [0.4, 0.5) is 0 Å². The van der Waals surface area contributed by atoms with Crippen LogP contribution in [0.5, 0.6) is 17.2 Å². The lowest BCUT2D eigenvalue weighted by atomic mass is 10.1. The van der Waals surface area contributed by atoms with E-state index in [4.69, 9.17) is 42.1 Å². The van der Waals surface area contributed by atoms with Crippen molar-refractivity contribution >= 4 is 50.7 Å². The average molecular weight is 527 g/mol. The number of rotatable bonds is 11. The maximum Gasteiger partial charge on any atom is 0.279 e. The van der Waals surface area contributed by atoms with Gasteiger partial charge in [-0.2, -0.15) is 4.99 Å². The van der Waals surface area contributed by atoms with Crippen molar-refractivity contribution in [1.82, 2.24) is 4.57 Å². The van der Waals surface area contributed by atoms with Crippen molar-refractivity contribution < 1.29 is 23.7 Å². The SMILES string of the molecule is CCOCCn1c(=NC(=O)c2cc(OCC)c(OCC)c(OCC)c2)sc2cc(Cl)cc(Cl)c21. The molecule has 2 aromatic carbocycles. The third-order valence-electron chi connectivity index (χ3n) is 4.71. The van der Waals surface area contributed by atoms with E-state index >= 15 is 0 Å². The van der Waals surface area contributed by atoms with Crippen molar-refractivity contribution in [2.45, 2.75) is 34.2 Å². The van der Waals surface area contributed by atoms with Crippen LogP contribution in [-0.2, 0) is 11.3 Å². The molecule has 0 fully saturated rings. The lowest BCUT2D eigenvalue weighted by Crippen LogP contribution is -2.20. The molecule has 0 aliphatic heterocycles. The zero-order valence-electron chi connectivity index (χ0n) is 19.7. The van der Waals surface area contributed by atoms with Gasteiger partial charge in [0.15, 0.2) is 16.3 Å². The summed E-state index contributed by atoms with van der Waals surface area (Å²) in [6, 6.07) is 6.75. The number of thiazole rings is 1. The third kappa shape index (κ3) is 6.05. The van der Waals surface area contributed by atoms with Crippen LogP contribution in [0.2, 0.25) is 10.0 Å². The van der Waals surface area contributed by atoms with E-state index in [1.807, 2.05) is 38.3 Å². The summed E-state index contributed by atoms with van der Waals surface area (Å²) < 4.78 is 25.4. The predicted molar refractivity (Wildman–Crippen MR) is 136 cm³/mol. The number of benzene rings is 2. The van der Waals surface area contributed by atoms with E-state index < -0.39 is 5.91 Å². The van der Waals surface area contributed by atoms with Crippen LogP contribution in [0.15, 0.2) is 29.3 Å². The highest BCUT2D eigenvalue weighted by atomic mass is 35.5. The van der Waals surface area contributed by atoms with E-state index in [1.54, 1.807) is 18.2 Å². The standard InChI is InChI=1S/C24H28Cl2N2O5S/c1-5-30-10-9-28-21-17(26)13-16(25)14-20(21)34-24(28)27-23(29)15-11-18(31-6-2)22(33-8-4)19(12-15)32-7-3/h11-14H,5-10H2,1-4H3. The molecule has 10 heteroatoms. The van der Waals surface area contributed by atoms with Crippen molar-refractivity contribution in [3.05, 3.63) is 44.7 Å². The Balaban J connectivity index is 2.13. The maximum absolute atomic E-state index is 13.3. The van der Waals surface area contributed by atoms with Gasteiger partial charge in [-0.3, -0.25) is 4.79 Å². The summed E-state index contributed by atoms with van der Waals surface area (Å²) in [5, 5.41) is 1.00. The molecule has 0 aliphatic rings. The Bertz CT molecular complexity index is 1200. The number of nitrogens with zero attached hydrogens (tertiary/aromatic N) is 2. The number of fused-ring (bicyclic) bond motifs is 1. The van der Waals surface area contributed by atoms with Gasteiger partial charge < -0.3 is 23.5 Å². The highest BCUT2D eigenvalue weighted by Crippen LogP contribution is 2.39. The Morgan fingerprint density at radius 3 is 2.18 bits per heavy atom. The van der Waals surface area contributed by atoms with Gasteiger partial charge in [0.2, 0.25) is 5.75 Å². The lowest BCUT2D eigenvalue weighted by Gasteiger charge is -2.16. The second-order valence-corrected chi connectivity index (χ2v) is 8.84. The topological polar surface area (TPSA) is 71.3 Å². The minimum atomic E-state index is -0.441. The first kappa shape index (κ1) is 26.3. The fraction of sp³-hybridized carbons (Fsp3) is 0.417. The van der Waals surface area contributed by atoms with Gasteiger partial charge in [-0.1, -0.05) is 34.5 Å². The smallest absolute Gasteiger partial charge is 0.279 e. The van der Waals surface area contributed by atoms with Gasteiger partial charge in [0.25, 0.3) is 5.91 Å². The zero-order chi connectivity index (χ0) is 24.7. The molecule has 0 N–H and O–H groups in total. The average Bonchev–Trinajstić information content (AvgIpc) is 3.13. The molecule has 0 spiro atoms. The lowest BCUT2D eigenvalue weighted by molar-refractivity contribution is 0.0995. The molecule has 0 unspecified atom stereocenters. The molecule has 3 rings (SSSR count). The molecule has 0 bridgehead atoms. The van der Waals surface area contributed by atoms with Gasteiger partial charge in [0, 0.05) is 23.7 Å². The van der Waals surface area contributed by atoms with Crippen LogP contribution in [0.3, 0.4) is 0 Å². The summed E-state index contributed by atoms with van der Waals surface area (Å²) in [6.07, 6.45) is 0. The minimum Gasteiger partial charge on any atom is -0.490 e. The number of aromatic nitrogens is 1. The second-order valence-electron chi connectivity index (χ2n) is 6.99. The molecule has 0 saturated carbocycles. The number of hydrogen-bond donors (Lipinski definition) is 0. The van der Waals surface area contributed by atoms with Crippen molar-refractivity contribution in [1.29, 1.82) is 0 Å². The second kappa shape index (κ2) is 12.4. The van der Waals surface area contributed by atoms with Crippen molar-refractivity contribution in [3.8, 4) is 17.2 Å². The Morgan fingerprint density at radius 2 is 1.59 bits per heavy atom. The van der Waals surface area contributed by atoms with Gasteiger partial charge >= 0.3 is 0 Å². The van der Waals surface area contributed by atoms with E-state index in [-0.39, 0.29) is 0 Å². The van der Waals surface area contributed by atoms with Gasteiger partial charge in [-0.25, -0.2) is 0 Å². The summed E-state index contributed by atoms with van der Waals surface area (Å²) in [6.45, 7) is 10.3. The van der Waals surface area contributed by atoms with Crippen LogP contribution in [0, 0.1) is 0 Å². The molecule has 0 saturated heterocycles. The van der Waals surface area contributed by atoms with Crippen molar-refractivity contribution in [3.63, 3.8) is 0 Å². The monoisotopic (exact) mass is 526 g/mol. The zero-order valence-corrected chi connectivity index (χ0v) is 22.0. The Kier molecular flexibility index (Phi) is 9.64. The molecular formula is C24H28Cl2N2O5S. The van der Waals surface area contributed by atoms with Gasteiger partial charge in [-0.05, 0) is 52.0 Å². The summed E-state index contributed by atoms with van der Waals surface area (Å²) in [4.78, 5) is 18.2. The first-order valence-electron chi connectivity index (χ1n) is 11.1. The van der Waals surface area contributed by atoms with Crippen LogP contribution in [0.25, 0.3) is 10.2 Å². The molecule has 1 heterocycles. The summed E-state index contributed by atoms with van der Waals surface area (Å²) in [7, 11) is 0. The van der Waals surface area contributed by atoms with Gasteiger partial charge in [0.1, 0.15) is 0 Å². The van der Waals surface area contributed by atoms with Crippen molar-refractivity contribution in [2.24, 2.45) is 4.99 Å². The fourth-order valence-electron chi connectivity index (χ4n) is 3.39. The molecule has 0 radical (unpaired) electrons. The fourth-order valence-corrected chi connectivity index (χ4v) is 5.22. The van der Waals surface area contributed by atoms with Crippen LogP contribution >= 0.6 is 34.5 Å². The van der Waals surface area contributed by atoms with Crippen molar-refractivity contribution in [2.75, 3.05) is 33.0 Å². The van der Waals surface area contributed by atoms with E-state index in [1.165, 1.54) is 11.3 Å². The summed E-state index contributed by atoms with van der Waals surface area (Å²) in [5.41, 5.74) is 1.09. The number of ether oxygens (including phenoxy) is 4. The first-order valence-corrected chi connectivity index (χ1v) is 12.7. The van der Waals surface area contributed by atoms with Crippen LogP contribution in [-0.4, -0.2) is 43.5 Å². The predicted octanol–water partition coefficient (Wildman–Crippen LogP) is 5.98. The minimum absolute atomic E-state index is 0.327. The van der Waals surface area contributed by atoms with E-state index in [2.05, 4.69) is 4.99 Å². The Morgan fingerprint density at radius 1 is 0.941 bits per heavy atom. The molecule has 1 aromatic heterocycles. The number of amides is 1. The molecular weight excluding hydrogens is 499 g/mol. The number of carbonyl (C=O) groups is 1. The largest absolute Gasteiger partial charge is 0.490 e. The highest BCUT2D eigenvalue weighted by molar-refractivity contribution is 7.16. The normalized spacial score (nSPS) is 11.8. The van der Waals surface area contributed by atoms with Crippen LogP contribution < -0.4 is 19.0 Å². The molecule has 0 aliphatic carbocycles. The molecule has 0 atom stereocenters.